The van der Waals surface area contributed by atoms with Crippen molar-refractivity contribution in [3.05, 3.63) is 35.8 Å². The Morgan fingerprint density at radius 2 is 1.87 bits per heavy atom. The van der Waals surface area contributed by atoms with E-state index in [0.29, 0.717) is 17.4 Å². The van der Waals surface area contributed by atoms with E-state index in [1.807, 2.05) is 40.8 Å². The number of fused-ring (bicyclic) bond motifs is 2. The molecule has 0 spiro atoms. The summed E-state index contributed by atoms with van der Waals surface area (Å²) < 4.78 is 1.93. The summed E-state index contributed by atoms with van der Waals surface area (Å²) in [7, 11) is 0. The number of aliphatic hydroxyl groups excluding tert-OH is 1. The van der Waals surface area contributed by atoms with E-state index < -0.39 is 0 Å². The lowest BCUT2D eigenvalue weighted by molar-refractivity contribution is -0.122. The number of hydrogen-bond donors (Lipinski definition) is 2. The van der Waals surface area contributed by atoms with Gasteiger partial charge in [-0.2, -0.15) is 0 Å². The zero-order chi connectivity index (χ0) is 21.3. The number of pyridine rings is 1. The highest BCUT2D eigenvalue weighted by Gasteiger charge is 2.45. The molecule has 30 heavy (non-hydrogen) atoms. The summed E-state index contributed by atoms with van der Waals surface area (Å²) in [5.41, 5.74) is 2.34. The van der Waals surface area contributed by atoms with Crippen molar-refractivity contribution in [1.82, 2.24) is 19.2 Å². The van der Waals surface area contributed by atoms with Gasteiger partial charge in [0.15, 0.2) is 0 Å². The molecule has 4 heterocycles. The van der Waals surface area contributed by atoms with Gasteiger partial charge < -0.3 is 19.5 Å². The number of hydrogen-bond acceptors (Lipinski definition) is 5. The lowest BCUT2D eigenvalue weighted by atomic mass is 9.77. The van der Waals surface area contributed by atoms with E-state index in [2.05, 4.69) is 9.88 Å². The summed E-state index contributed by atoms with van der Waals surface area (Å²) in [6, 6.07) is 4.08. The number of carbonyl (C=O) groups excluding carboxylic acids is 1. The Bertz CT molecular complexity index is 908. The number of likely N-dealkylation sites (tertiary alicyclic amines) is 2. The Labute approximate surface area is 176 Å². The lowest BCUT2D eigenvalue weighted by Crippen LogP contribution is -2.48. The highest BCUT2D eigenvalue weighted by atomic mass is 16.3. The molecule has 8 heteroatoms. The Morgan fingerprint density at radius 3 is 2.57 bits per heavy atom. The fourth-order valence-electron chi connectivity index (χ4n) is 5.51. The van der Waals surface area contributed by atoms with Crippen LogP contribution >= 0.6 is 0 Å². The van der Waals surface area contributed by atoms with Crippen LogP contribution in [0, 0.1) is 18.8 Å². The van der Waals surface area contributed by atoms with Crippen molar-refractivity contribution < 1.29 is 19.8 Å². The standard InChI is InChI=1S/C21H28N4O2.CH2O2/c1-14-11-24-8-4-5-17(20(24)22-14)21(27)25-12-15-9-18(23-6-2-3-7-23)19(26)10-16(15)13-25;2-1-3/h4-5,8,11,15-16,18-19,26H,2-3,6-7,9-10,12-13H2,1H3;1H,(H,2,3)/t15-,16+,18-,19-;/m1./s1. The first-order valence-corrected chi connectivity index (χ1v) is 10.8. The molecule has 0 bridgehead atoms. The molecule has 0 radical (unpaired) electrons. The summed E-state index contributed by atoms with van der Waals surface area (Å²) in [5.74, 6) is 1.00. The Balaban J connectivity index is 0.000000687. The summed E-state index contributed by atoms with van der Waals surface area (Å²) in [6.07, 6.45) is 7.97. The predicted molar refractivity (Wildman–Crippen MR) is 111 cm³/mol. The van der Waals surface area contributed by atoms with Crippen molar-refractivity contribution in [2.75, 3.05) is 26.2 Å². The van der Waals surface area contributed by atoms with E-state index in [1.165, 1.54) is 12.8 Å². The Kier molecular flexibility index (Phi) is 6.06. The van der Waals surface area contributed by atoms with Gasteiger partial charge in [0.25, 0.3) is 12.4 Å². The molecule has 3 aliphatic rings. The van der Waals surface area contributed by atoms with Crippen LogP contribution in [0.5, 0.6) is 0 Å². The predicted octanol–water partition coefficient (Wildman–Crippen LogP) is 1.65. The van der Waals surface area contributed by atoms with Gasteiger partial charge in [0.1, 0.15) is 5.65 Å². The highest BCUT2D eigenvalue weighted by Crippen LogP contribution is 2.39. The van der Waals surface area contributed by atoms with Crippen molar-refractivity contribution in [3.63, 3.8) is 0 Å². The molecule has 2 N–H and O–H groups in total. The maximum Gasteiger partial charge on any atom is 0.290 e. The molecule has 0 aromatic carbocycles. The van der Waals surface area contributed by atoms with Gasteiger partial charge in [-0.15, -0.1) is 0 Å². The maximum absolute atomic E-state index is 13.2. The molecule has 1 saturated carbocycles. The minimum Gasteiger partial charge on any atom is -0.483 e. The molecule has 4 atom stereocenters. The normalized spacial score (nSPS) is 28.8. The van der Waals surface area contributed by atoms with Crippen molar-refractivity contribution in [2.24, 2.45) is 11.8 Å². The lowest BCUT2D eigenvalue weighted by Gasteiger charge is -2.40. The fraction of sp³-hybridized carbons (Fsp3) is 0.591. The zero-order valence-electron chi connectivity index (χ0n) is 17.4. The largest absolute Gasteiger partial charge is 0.483 e. The number of imidazole rings is 1. The van der Waals surface area contributed by atoms with Gasteiger partial charge in [0.05, 0.1) is 17.4 Å². The molecule has 0 unspecified atom stereocenters. The third-order valence-corrected chi connectivity index (χ3v) is 6.84. The topological polar surface area (TPSA) is 98.4 Å². The molecule has 2 aromatic heterocycles. The van der Waals surface area contributed by atoms with Gasteiger partial charge in [-0.25, -0.2) is 4.98 Å². The van der Waals surface area contributed by atoms with Crippen LogP contribution < -0.4 is 0 Å². The van der Waals surface area contributed by atoms with Crippen LogP contribution in [0.2, 0.25) is 0 Å². The first-order chi connectivity index (χ1) is 14.5. The van der Waals surface area contributed by atoms with Gasteiger partial charge in [-0.1, -0.05) is 0 Å². The van der Waals surface area contributed by atoms with Crippen LogP contribution in [0.4, 0.5) is 0 Å². The molecular formula is C22H30N4O4. The maximum atomic E-state index is 13.2. The molecule has 3 fully saturated rings. The second-order valence-electron chi connectivity index (χ2n) is 8.72. The van der Waals surface area contributed by atoms with Crippen molar-refractivity contribution in [2.45, 2.75) is 44.8 Å². The molecular weight excluding hydrogens is 384 g/mol. The third-order valence-electron chi connectivity index (χ3n) is 6.84. The molecule has 1 amide bonds. The van der Waals surface area contributed by atoms with Gasteiger partial charge in [0.2, 0.25) is 0 Å². The molecule has 5 rings (SSSR count). The zero-order valence-corrected chi connectivity index (χ0v) is 17.4. The Hall–Kier alpha value is -2.45. The number of aryl methyl sites for hydroxylation is 1. The first-order valence-electron chi connectivity index (χ1n) is 10.8. The quantitative estimate of drug-likeness (QED) is 0.725. The number of carbonyl (C=O) groups is 2. The molecule has 162 valence electrons. The minimum atomic E-state index is -0.252. The first kappa shape index (κ1) is 20.8. The highest BCUT2D eigenvalue weighted by molar-refractivity contribution is 6.00. The average molecular weight is 415 g/mol. The number of nitrogens with zero attached hydrogens (tertiary/aromatic N) is 4. The third kappa shape index (κ3) is 3.94. The van der Waals surface area contributed by atoms with E-state index in [1.54, 1.807) is 0 Å². The van der Waals surface area contributed by atoms with Crippen LogP contribution in [0.3, 0.4) is 0 Å². The number of amides is 1. The summed E-state index contributed by atoms with van der Waals surface area (Å²) >= 11 is 0. The molecule has 2 aliphatic heterocycles. The summed E-state index contributed by atoms with van der Waals surface area (Å²) in [5, 5.41) is 17.6. The molecule has 8 nitrogen and oxygen atoms in total. The van der Waals surface area contributed by atoms with E-state index >= 15 is 0 Å². The summed E-state index contributed by atoms with van der Waals surface area (Å²) in [4.78, 5) is 30.6. The van der Waals surface area contributed by atoms with Crippen LogP contribution in [-0.2, 0) is 4.79 Å². The van der Waals surface area contributed by atoms with Crippen LogP contribution in [0.1, 0.15) is 41.7 Å². The van der Waals surface area contributed by atoms with Crippen molar-refractivity contribution in [1.29, 1.82) is 0 Å². The number of rotatable bonds is 2. The van der Waals surface area contributed by atoms with Gasteiger partial charge in [-0.3, -0.25) is 14.5 Å². The van der Waals surface area contributed by atoms with Gasteiger partial charge >= 0.3 is 0 Å². The van der Waals surface area contributed by atoms with Crippen molar-refractivity contribution in [3.8, 4) is 0 Å². The van der Waals surface area contributed by atoms with E-state index in [9.17, 15) is 9.90 Å². The van der Waals surface area contributed by atoms with Crippen LogP contribution in [0.15, 0.2) is 24.5 Å². The second-order valence-corrected chi connectivity index (χ2v) is 8.72. The van der Waals surface area contributed by atoms with Crippen LogP contribution in [0.25, 0.3) is 5.65 Å². The van der Waals surface area contributed by atoms with Gasteiger partial charge in [0, 0.05) is 31.5 Å². The number of carboxylic acid groups (broad SMARTS) is 1. The second kappa shape index (κ2) is 8.73. The van der Waals surface area contributed by atoms with E-state index in [-0.39, 0.29) is 24.5 Å². The fourth-order valence-corrected chi connectivity index (χ4v) is 5.51. The molecule has 2 saturated heterocycles. The van der Waals surface area contributed by atoms with Crippen molar-refractivity contribution >= 4 is 18.0 Å². The number of aromatic nitrogens is 2. The Morgan fingerprint density at radius 1 is 1.20 bits per heavy atom. The van der Waals surface area contributed by atoms with Gasteiger partial charge in [-0.05, 0) is 69.7 Å². The summed E-state index contributed by atoms with van der Waals surface area (Å²) in [6.45, 7) is 5.49. The smallest absolute Gasteiger partial charge is 0.290 e. The molecule has 1 aliphatic carbocycles. The molecule has 2 aromatic rings. The van der Waals surface area contributed by atoms with Crippen LogP contribution in [-0.4, -0.2) is 80.1 Å². The SMILES string of the molecule is Cc1cn2cccc(C(=O)N3C[C@H]4C[C@@H](N5CCCC5)[C@H](O)C[C@H]4C3)c2n1.O=CO. The van der Waals surface area contributed by atoms with E-state index in [0.717, 1.165) is 50.4 Å². The monoisotopic (exact) mass is 414 g/mol. The number of aliphatic hydroxyl groups is 1. The average Bonchev–Trinajstić information content (AvgIpc) is 3.45. The van der Waals surface area contributed by atoms with E-state index in [4.69, 9.17) is 9.90 Å². The minimum absolute atomic E-state index is 0.0767.